The zero-order valence-corrected chi connectivity index (χ0v) is 9.60. The molecule has 0 fully saturated rings. The maximum atomic E-state index is 11.6. The smallest absolute Gasteiger partial charge is 0.155 e. The molecular formula is C12H15N3O. The highest BCUT2D eigenvalue weighted by atomic mass is 16.1. The van der Waals surface area contributed by atoms with E-state index in [-0.39, 0.29) is 5.78 Å². The van der Waals surface area contributed by atoms with Crippen molar-refractivity contribution >= 4 is 11.4 Å². The van der Waals surface area contributed by atoms with Gasteiger partial charge in [-0.05, 0) is 31.0 Å². The number of carbonyl (C=O) groups excluding carboxylic acids is 1. The van der Waals surface area contributed by atoms with E-state index in [0.717, 1.165) is 23.3 Å². The van der Waals surface area contributed by atoms with Crippen molar-refractivity contribution in [3.05, 3.63) is 29.7 Å². The molecule has 0 aliphatic carbocycles. The predicted molar refractivity (Wildman–Crippen MR) is 61.3 cm³/mol. The van der Waals surface area contributed by atoms with Crippen molar-refractivity contribution in [1.29, 1.82) is 0 Å². The van der Waals surface area contributed by atoms with E-state index in [2.05, 4.69) is 10.1 Å². The molecule has 2 aromatic heterocycles. The molecule has 4 nitrogen and oxygen atoms in total. The second kappa shape index (κ2) is 4.43. The molecule has 0 radical (unpaired) electrons. The lowest BCUT2D eigenvalue weighted by Gasteiger charge is -2.04. The molecule has 2 heterocycles. The third-order valence-electron chi connectivity index (χ3n) is 2.50. The average molecular weight is 217 g/mol. The number of rotatable bonds is 4. The quantitative estimate of drug-likeness (QED) is 0.786. The molecule has 0 amide bonds. The Morgan fingerprint density at radius 1 is 1.44 bits per heavy atom. The summed E-state index contributed by atoms with van der Waals surface area (Å²) in [5.74, 6) is 0.255. The van der Waals surface area contributed by atoms with Gasteiger partial charge in [-0.25, -0.2) is 9.50 Å². The van der Waals surface area contributed by atoms with Crippen LogP contribution in [-0.2, 0) is 11.2 Å². The van der Waals surface area contributed by atoms with Crippen molar-refractivity contribution in [2.45, 2.75) is 33.1 Å². The second-order valence-electron chi connectivity index (χ2n) is 4.02. The van der Waals surface area contributed by atoms with E-state index in [9.17, 15) is 4.79 Å². The normalized spacial score (nSPS) is 10.9. The van der Waals surface area contributed by atoms with Gasteiger partial charge in [0.25, 0.3) is 0 Å². The van der Waals surface area contributed by atoms with Crippen LogP contribution in [0.15, 0.2) is 18.5 Å². The molecule has 0 aliphatic heterocycles. The molecule has 0 aromatic carbocycles. The van der Waals surface area contributed by atoms with Crippen molar-refractivity contribution in [3.8, 4) is 0 Å². The van der Waals surface area contributed by atoms with Crippen LogP contribution in [0.25, 0.3) is 5.65 Å². The van der Waals surface area contributed by atoms with Crippen LogP contribution in [0.2, 0.25) is 0 Å². The largest absolute Gasteiger partial charge is 0.299 e. The first-order valence-electron chi connectivity index (χ1n) is 5.51. The Labute approximate surface area is 94.3 Å². The Morgan fingerprint density at radius 2 is 2.25 bits per heavy atom. The number of carbonyl (C=O) groups is 1. The second-order valence-corrected chi connectivity index (χ2v) is 4.02. The van der Waals surface area contributed by atoms with Crippen LogP contribution in [0.4, 0.5) is 0 Å². The van der Waals surface area contributed by atoms with E-state index >= 15 is 0 Å². The average Bonchev–Trinajstić information content (AvgIpc) is 2.65. The SMILES string of the molecule is CCCC(=O)Cc1cc(C)cc2ncnn12. The van der Waals surface area contributed by atoms with E-state index in [1.165, 1.54) is 6.33 Å². The van der Waals surface area contributed by atoms with Gasteiger partial charge >= 0.3 is 0 Å². The van der Waals surface area contributed by atoms with Gasteiger partial charge in [-0.15, -0.1) is 0 Å². The summed E-state index contributed by atoms with van der Waals surface area (Å²) in [6.45, 7) is 4.02. The number of hydrogen-bond acceptors (Lipinski definition) is 3. The summed E-state index contributed by atoms with van der Waals surface area (Å²) in [4.78, 5) is 15.8. The number of aromatic nitrogens is 3. The lowest BCUT2D eigenvalue weighted by Crippen LogP contribution is -2.07. The molecule has 0 saturated carbocycles. The Balaban J connectivity index is 2.35. The fraction of sp³-hybridized carbons (Fsp3) is 0.417. The van der Waals surface area contributed by atoms with Crippen molar-refractivity contribution in [3.63, 3.8) is 0 Å². The van der Waals surface area contributed by atoms with Crippen molar-refractivity contribution in [1.82, 2.24) is 14.6 Å². The van der Waals surface area contributed by atoms with E-state index in [1.807, 2.05) is 26.0 Å². The van der Waals surface area contributed by atoms with E-state index in [0.29, 0.717) is 12.8 Å². The van der Waals surface area contributed by atoms with Crippen LogP contribution in [-0.4, -0.2) is 20.4 Å². The topological polar surface area (TPSA) is 47.3 Å². The minimum absolute atomic E-state index is 0.255. The zero-order valence-electron chi connectivity index (χ0n) is 9.60. The van der Waals surface area contributed by atoms with Crippen LogP contribution in [0, 0.1) is 6.92 Å². The Kier molecular flexibility index (Phi) is 2.99. The standard InChI is InChI=1S/C12H15N3O/c1-3-4-11(16)7-10-5-9(2)6-12-13-8-14-15(10)12/h5-6,8H,3-4,7H2,1-2H3. The van der Waals surface area contributed by atoms with Crippen LogP contribution in [0.3, 0.4) is 0 Å². The first-order chi connectivity index (χ1) is 7.70. The molecule has 0 saturated heterocycles. The van der Waals surface area contributed by atoms with Crippen molar-refractivity contribution < 1.29 is 4.79 Å². The molecule has 0 aliphatic rings. The van der Waals surface area contributed by atoms with E-state index in [4.69, 9.17) is 0 Å². The molecule has 2 rings (SSSR count). The molecule has 0 bridgehead atoms. The molecule has 0 spiro atoms. The number of hydrogen-bond donors (Lipinski definition) is 0. The van der Waals surface area contributed by atoms with Crippen LogP contribution in [0.1, 0.15) is 31.0 Å². The number of Topliss-reactive ketones (excluding diaryl/α,β-unsaturated/α-hetero) is 1. The number of pyridine rings is 1. The number of fused-ring (bicyclic) bond motifs is 1. The van der Waals surface area contributed by atoms with Gasteiger partial charge in [0.15, 0.2) is 5.65 Å². The van der Waals surface area contributed by atoms with Gasteiger partial charge in [0, 0.05) is 12.8 Å². The Morgan fingerprint density at radius 3 is 3.00 bits per heavy atom. The fourth-order valence-corrected chi connectivity index (χ4v) is 1.83. The lowest BCUT2D eigenvalue weighted by atomic mass is 10.1. The summed E-state index contributed by atoms with van der Waals surface area (Å²) < 4.78 is 1.74. The van der Waals surface area contributed by atoms with Gasteiger partial charge in [-0.3, -0.25) is 4.79 Å². The third kappa shape index (κ3) is 2.10. The summed E-state index contributed by atoms with van der Waals surface area (Å²) in [6, 6.07) is 3.95. The summed E-state index contributed by atoms with van der Waals surface area (Å²) in [7, 11) is 0. The highest BCUT2D eigenvalue weighted by molar-refractivity contribution is 5.80. The molecule has 0 atom stereocenters. The highest BCUT2D eigenvalue weighted by Crippen LogP contribution is 2.10. The molecule has 0 unspecified atom stereocenters. The predicted octanol–water partition coefficient (Wildman–Crippen LogP) is 1.95. The Bertz CT molecular complexity index is 516. The summed E-state index contributed by atoms with van der Waals surface area (Å²) in [6.07, 6.45) is 3.48. The van der Waals surface area contributed by atoms with Crippen LogP contribution in [0.5, 0.6) is 0 Å². The third-order valence-corrected chi connectivity index (χ3v) is 2.50. The molecule has 84 valence electrons. The van der Waals surface area contributed by atoms with Gasteiger partial charge in [0.1, 0.15) is 12.1 Å². The molecule has 0 N–H and O–H groups in total. The van der Waals surface area contributed by atoms with Gasteiger partial charge in [0.05, 0.1) is 5.69 Å². The maximum absolute atomic E-state index is 11.6. The van der Waals surface area contributed by atoms with Crippen LogP contribution >= 0.6 is 0 Å². The van der Waals surface area contributed by atoms with Gasteiger partial charge in [-0.1, -0.05) is 6.92 Å². The first kappa shape index (κ1) is 10.8. The van der Waals surface area contributed by atoms with Gasteiger partial charge in [-0.2, -0.15) is 5.10 Å². The van der Waals surface area contributed by atoms with E-state index in [1.54, 1.807) is 4.52 Å². The summed E-state index contributed by atoms with van der Waals surface area (Å²) in [5, 5.41) is 4.13. The molecule has 16 heavy (non-hydrogen) atoms. The minimum atomic E-state index is 0.255. The molecular weight excluding hydrogens is 202 g/mol. The minimum Gasteiger partial charge on any atom is -0.299 e. The number of aryl methyl sites for hydroxylation is 1. The molecule has 2 aromatic rings. The zero-order chi connectivity index (χ0) is 11.5. The summed E-state index contributed by atoms with van der Waals surface area (Å²) >= 11 is 0. The van der Waals surface area contributed by atoms with Gasteiger partial charge < -0.3 is 0 Å². The Hall–Kier alpha value is -1.71. The highest BCUT2D eigenvalue weighted by Gasteiger charge is 2.08. The number of nitrogens with zero attached hydrogens (tertiary/aromatic N) is 3. The van der Waals surface area contributed by atoms with Crippen LogP contribution < -0.4 is 0 Å². The monoisotopic (exact) mass is 217 g/mol. The maximum Gasteiger partial charge on any atom is 0.155 e. The van der Waals surface area contributed by atoms with Gasteiger partial charge in [0.2, 0.25) is 0 Å². The summed E-state index contributed by atoms with van der Waals surface area (Å²) in [5.41, 5.74) is 2.84. The molecule has 4 heteroatoms. The number of ketones is 1. The van der Waals surface area contributed by atoms with E-state index < -0.39 is 0 Å². The lowest BCUT2D eigenvalue weighted by molar-refractivity contribution is -0.118. The van der Waals surface area contributed by atoms with Crippen molar-refractivity contribution in [2.24, 2.45) is 0 Å². The first-order valence-corrected chi connectivity index (χ1v) is 5.51. The fourth-order valence-electron chi connectivity index (χ4n) is 1.83. The van der Waals surface area contributed by atoms with Crippen molar-refractivity contribution in [2.75, 3.05) is 0 Å².